The molecule has 0 saturated carbocycles. The lowest BCUT2D eigenvalue weighted by atomic mass is 10.1. The number of nitrogens with two attached hydrogens (primary N) is 1. The molecule has 3 rings (SSSR count). The number of carbonyl (C=O) groups excluding carboxylic acids is 4. The number of hydrazine groups is 1. The number of benzene rings is 2. The maximum Gasteiger partial charge on any atom is 0.291 e. The topological polar surface area (TPSA) is 137 Å². The highest BCUT2D eigenvalue weighted by Crippen LogP contribution is 2.15. The summed E-state index contributed by atoms with van der Waals surface area (Å²) in [5.74, 6) is -3.38. The highest BCUT2D eigenvalue weighted by Gasteiger charge is 2.28. The summed E-state index contributed by atoms with van der Waals surface area (Å²) in [5, 5.41) is 4.04. The number of nitrogens with one attached hydrogen (secondary N) is 3. The van der Waals surface area contributed by atoms with Crippen LogP contribution in [0.1, 0.15) is 22.5 Å². The standard InChI is InChI=1S/C23H23ClFN5O4/c24-20(25)23(34)30(11-10-19(26)31)29-22(33)17(12-14-6-2-1-3-7-14)28-21(32)18-13-15-8-4-5-9-16(15)27-18/h1-9,13,17,20,27H,10-12H2,(H2,26,31)(H,28,32)(H,29,33)/t17-,20?/m0/s1. The van der Waals surface area contributed by atoms with Crippen molar-refractivity contribution in [3.05, 3.63) is 71.9 Å². The highest BCUT2D eigenvalue weighted by atomic mass is 35.5. The summed E-state index contributed by atoms with van der Waals surface area (Å²) in [6.07, 6.45) is -0.253. The Hall–Kier alpha value is -3.92. The molecule has 0 aliphatic heterocycles. The molecule has 0 aliphatic rings. The molecule has 1 aromatic heterocycles. The van der Waals surface area contributed by atoms with E-state index in [1.807, 2.05) is 24.3 Å². The minimum Gasteiger partial charge on any atom is -0.370 e. The molecule has 2 atom stereocenters. The Labute approximate surface area is 199 Å². The first kappa shape index (κ1) is 24.7. The molecule has 2 aromatic carbocycles. The molecule has 1 unspecified atom stereocenters. The zero-order valence-electron chi connectivity index (χ0n) is 18.0. The lowest BCUT2D eigenvalue weighted by molar-refractivity contribution is -0.144. The second-order valence-electron chi connectivity index (χ2n) is 7.47. The Morgan fingerprint density at radius 2 is 1.74 bits per heavy atom. The van der Waals surface area contributed by atoms with Crippen LogP contribution >= 0.6 is 11.6 Å². The average Bonchev–Trinajstić information content (AvgIpc) is 3.25. The van der Waals surface area contributed by atoms with Gasteiger partial charge in [0.15, 0.2) is 0 Å². The van der Waals surface area contributed by atoms with E-state index in [4.69, 9.17) is 17.3 Å². The molecule has 5 N–H and O–H groups in total. The number of H-pyrrole nitrogens is 1. The molecule has 0 radical (unpaired) electrons. The molecule has 0 fully saturated rings. The van der Waals surface area contributed by atoms with Gasteiger partial charge in [-0.3, -0.25) is 24.6 Å². The average molecular weight is 488 g/mol. The number of halogens is 2. The van der Waals surface area contributed by atoms with Gasteiger partial charge in [0.25, 0.3) is 23.4 Å². The number of hydrogen-bond acceptors (Lipinski definition) is 4. The van der Waals surface area contributed by atoms with Crippen molar-refractivity contribution in [2.75, 3.05) is 6.54 Å². The number of para-hydroxylation sites is 1. The van der Waals surface area contributed by atoms with Crippen LogP contribution in [0.15, 0.2) is 60.7 Å². The summed E-state index contributed by atoms with van der Waals surface area (Å²) in [6, 6.07) is 16.7. The summed E-state index contributed by atoms with van der Waals surface area (Å²) in [7, 11) is 0. The van der Waals surface area contributed by atoms with Crippen LogP contribution in [0.3, 0.4) is 0 Å². The van der Waals surface area contributed by atoms with Gasteiger partial charge >= 0.3 is 0 Å². The van der Waals surface area contributed by atoms with Gasteiger partial charge in [-0.25, -0.2) is 9.40 Å². The number of carbonyl (C=O) groups is 4. The third kappa shape index (κ3) is 6.55. The SMILES string of the molecule is NC(=O)CCN(NC(=O)[C@H](Cc1ccccc1)NC(=O)c1cc2ccccc2[nH]1)C(=O)C(F)Cl. The third-order valence-electron chi connectivity index (χ3n) is 4.96. The van der Waals surface area contributed by atoms with E-state index >= 15 is 0 Å². The highest BCUT2D eigenvalue weighted by molar-refractivity contribution is 6.29. The largest absolute Gasteiger partial charge is 0.370 e. The fourth-order valence-corrected chi connectivity index (χ4v) is 3.38. The molecule has 34 heavy (non-hydrogen) atoms. The van der Waals surface area contributed by atoms with Crippen LogP contribution in [0.2, 0.25) is 0 Å². The molecular formula is C23H23ClFN5O4. The van der Waals surface area contributed by atoms with Gasteiger partial charge in [-0.05, 0) is 17.7 Å². The van der Waals surface area contributed by atoms with E-state index in [2.05, 4.69) is 15.7 Å². The maximum atomic E-state index is 13.4. The van der Waals surface area contributed by atoms with Crippen molar-refractivity contribution in [1.82, 2.24) is 20.7 Å². The monoisotopic (exact) mass is 487 g/mol. The summed E-state index contributed by atoms with van der Waals surface area (Å²) in [6.45, 7) is -0.388. The molecule has 0 aliphatic carbocycles. The van der Waals surface area contributed by atoms with Gasteiger partial charge in [-0.1, -0.05) is 60.1 Å². The molecule has 4 amide bonds. The van der Waals surface area contributed by atoms with E-state index in [9.17, 15) is 23.6 Å². The summed E-state index contributed by atoms with van der Waals surface area (Å²) >= 11 is 5.23. The van der Waals surface area contributed by atoms with E-state index in [0.29, 0.717) is 5.01 Å². The van der Waals surface area contributed by atoms with E-state index in [1.54, 1.807) is 36.4 Å². The number of aromatic amines is 1. The van der Waals surface area contributed by atoms with Gasteiger partial charge in [-0.15, -0.1) is 0 Å². The summed E-state index contributed by atoms with van der Waals surface area (Å²) in [5.41, 5.74) is 6.61. The molecule has 0 bridgehead atoms. The zero-order valence-corrected chi connectivity index (χ0v) is 18.7. The first-order valence-corrected chi connectivity index (χ1v) is 10.8. The Morgan fingerprint density at radius 3 is 2.38 bits per heavy atom. The first-order chi connectivity index (χ1) is 16.2. The van der Waals surface area contributed by atoms with Crippen molar-refractivity contribution in [3.8, 4) is 0 Å². The van der Waals surface area contributed by atoms with Crippen LogP contribution in [0.4, 0.5) is 4.39 Å². The number of fused-ring (bicyclic) bond motifs is 1. The van der Waals surface area contributed by atoms with E-state index in [1.165, 1.54) is 0 Å². The number of hydrogen-bond donors (Lipinski definition) is 4. The number of primary amides is 1. The van der Waals surface area contributed by atoms with E-state index in [-0.39, 0.29) is 25.1 Å². The summed E-state index contributed by atoms with van der Waals surface area (Å²) in [4.78, 5) is 52.2. The van der Waals surface area contributed by atoms with Crippen LogP contribution in [0, 0.1) is 0 Å². The maximum absolute atomic E-state index is 13.4. The molecule has 11 heteroatoms. The molecule has 0 spiro atoms. The molecule has 3 aromatic rings. The minimum atomic E-state index is -2.44. The van der Waals surface area contributed by atoms with Gasteiger partial charge < -0.3 is 16.0 Å². The fraction of sp³-hybridized carbons (Fsp3) is 0.217. The Morgan fingerprint density at radius 1 is 1.06 bits per heavy atom. The number of nitrogens with zero attached hydrogens (tertiary/aromatic N) is 1. The Balaban J connectivity index is 1.81. The van der Waals surface area contributed by atoms with Crippen LogP contribution in [-0.4, -0.2) is 51.8 Å². The number of amides is 4. The van der Waals surface area contributed by atoms with Crippen LogP contribution < -0.4 is 16.5 Å². The fourth-order valence-electron chi connectivity index (χ4n) is 3.26. The number of aromatic nitrogens is 1. The van der Waals surface area contributed by atoms with Gasteiger partial charge in [0, 0.05) is 23.7 Å². The predicted molar refractivity (Wildman–Crippen MR) is 124 cm³/mol. The molecule has 0 saturated heterocycles. The van der Waals surface area contributed by atoms with Gasteiger partial charge in [0.2, 0.25) is 5.91 Å². The number of rotatable bonds is 9. The van der Waals surface area contributed by atoms with Gasteiger partial charge in [-0.2, -0.15) is 0 Å². The van der Waals surface area contributed by atoms with Crippen LogP contribution in [0.25, 0.3) is 10.9 Å². The third-order valence-corrected chi connectivity index (χ3v) is 5.15. The van der Waals surface area contributed by atoms with Crippen molar-refractivity contribution in [2.45, 2.75) is 24.5 Å². The van der Waals surface area contributed by atoms with Crippen molar-refractivity contribution in [1.29, 1.82) is 0 Å². The van der Waals surface area contributed by atoms with Crippen molar-refractivity contribution in [2.24, 2.45) is 5.73 Å². The number of alkyl halides is 2. The Kier molecular flexibility index (Phi) is 8.20. The zero-order chi connectivity index (χ0) is 24.7. The smallest absolute Gasteiger partial charge is 0.291 e. The summed E-state index contributed by atoms with van der Waals surface area (Å²) < 4.78 is 13.4. The van der Waals surface area contributed by atoms with Crippen LogP contribution in [0.5, 0.6) is 0 Å². The van der Waals surface area contributed by atoms with Crippen molar-refractivity contribution >= 4 is 46.1 Å². The minimum absolute atomic E-state index is 0.0798. The van der Waals surface area contributed by atoms with Crippen molar-refractivity contribution in [3.63, 3.8) is 0 Å². The second kappa shape index (κ2) is 11.3. The van der Waals surface area contributed by atoms with Crippen molar-refractivity contribution < 1.29 is 23.6 Å². The van der Waals surface area contributed by atoms with Gasteiger partial charge in [0.05, 0.1) is 6.54 Å². The van der Waals surface area contributed by atoms with E-state index < -0.39 is 35.3 Å². The van der Waals surface area contributed by atoms with Gasteiger partial charge in [0.1, 0.15) is 11.7 Å². The molecule has 178 valence electrons. The molecular weight excluding hydrogens is 465 g/mol. The molecule has 9 nitrogen and oxygen atoms in total. The quantitative estimate of drug-likeness (QED) is 0.270. The molecule has 1 heterocycles. The first-order valence-electron chi connectivity index (χ1n) is 10.4. The van der Waals surface area contributed by atoms with E-state index in [0.717, 1.165) is 16.5 Å². The normalized spacial score (nSPS) is 12.5. The Bertz CT molecular complexity index is 1150. The lowest BCUT2D eigenvalue weighted by Gasteiger charge is -2.26. The predicted octanol–water partition coefficient (Wildman–Crippen LogP) is 1.78. The lowest BCUT2D eigenvalue weighted by Crippen LogP contribution is -2.56. The van der Waals surface area contributed by atoms with Crippen LogP contribution in [-0.2, 0) is 20.8 Å². The second-order valence-corrected chi connectivity index (χ2v) is 7.85.